The van der Waals surface area contributed by atoms with Crippen molar-refractivity contribution < 1.29 is 14.2 Å². The van der Waals surface area contributed by atoms with E-state index in [1.807, 2.05) is 20.8 Å². The fourth-order valence-electron chi connectivity index (χ4n) is 2.66. The van der Waals surface area contributed by atoms with Crippen LogP contribution in [-0.2, 0) is 14.2 Å². The zero-order chi connectivity index (χ0) is 17.4. The average molecular weight is 347 g/mol. The molecule has 4 heteroatoms. The molecule has 0 radical (unpaired) electrons. The summed E-state index contributed by atoms with van der Waals surface area (Å²) in [6.07, 6.45) is 8.37. The minimum absolute atomic E-state index is 0.118. The van der Waals surface area contributed by atoms with Gasteiger partial charge in [0.05, 0.1) is 5.88 Å². The van der Waals surface area contributed by atoms with Gasteiger partial charge in [-0.25, -0.2) is 0 Å². The third kappa shape index (κ3) is 9.57. The maximum Gasteiger partial charge on any atom is 0.297 e. The summed E-state index contributed by atoms with van der Waals surface area (Å²) in [7, 11) is 0. The second kappa shape index (κ2) is 15.3. The first kappa shape index (κ1) is 22.7. The lowest BCUT2D eigenvalue weighted by Gasteiger charge is -2.36. The summed E-state index contributed by atoms with van der Waals surface area (Å²) in [5, 5.41) is 0. The van der Waals surface area contributed by atoms with E-state index in [9.17, 15) is 0 Å². The van der Waals surface area contributed by atoms with Gasteiger partial charge >= 0.3 is 0 Å². The van der Waals surface area contributed by atoms with E-state index in [1.54, 1.807) is 0 Å². The zero-order valence-corrected chi connectivity index (χ0v) is 16.2. The molecule has 0 saturated heterocycles. The SMILES string of the molecule is CCCCCCCCC(C#CCCl)C(OCC)(OCC)OCC. The Morgan fingerprint density at radius 1 is 0.826 bits per heavy atom. The maximum atomic E-state index is 5.88. The van der Waals surface area contributed by atoms with Crippen molar-refractivity contribution in [1.82, 2.24) is 0 Å². The molecule has 0 saturated carbocycles. The molecule has 0 aliphatic carbocycles. The van der Waals surface area contributed by atoms with Gasteiger partial charge in [-0.05, 0) is 27.2 Å². The standard InChI is InChI=1S/C19H35ClO3/c1-5-9-10-11-12-13-15-18(16-14-17-20)19(21-6-2,22-7-3)23-8-4/h18H,5-13,15,17H2,1-4H3. The number of ether oxygens (including phenoxy) is 3. The first-order chi connectivity index (χ1) is 11.2. The minimum Gasteiger partial charge on any atom is -0.327 e. The molecule has 0 aromatic carbocycles. The van der Waals surface area contributed by atoms with Gasteiger partial charge in [-0.1, -0.05) is 57.3 Å². The third-order valence-corrected chi connectivity index (χ3v) is 3.79. The maximum absolute atomic E-state index is 5.88. The van der Waals surface area contributed by atoms with E-state index in [0.717, 1.165) is 12.8 Å². The Balaban J connectivity index is 4.83. The van der Waals surface area contributed by atoms with Crippen molar-refractivity contribution in [3.8, 4) is 11.8 Å². The number of rotatable bonds is 14. The van der Waals surface area contributed by atoms with Crippen LogP contribution in [0.1, 0.15) is 72.6 Å². The Labute approximate surface area is 148 Å². The van der Waals surface area contributed by atoms with Crippen LogP contribution in [0.3, 0.4) is 0 Å². The minimum atomic E-state index is -1.07. The number of unbranched alkanes of at least 4 members (excludes halogenated alkanes) is 5. The second-order valence-corrected chi connectivity index (χ2v) is 5.73. The van der Waals surface area contributed by atoms with Crippen LogP contribution in [-0.4, -0.2) is 31.7 Å². The molecule has 0 amide bonds. The summed E-state index contributed by atoms with van der Waals surface area (Å²) >= 11 is 5.75. The lowest BCUT2D eigenvalue weighted by molar-refractivity contribution is -0.394. The van der Waals surface area contributed by atoms with Gasteiger partial charge < -0.3 is 14.2 Å². The summed E-state index contributed by atoms with van der Waals surface area (Å²) in [5.74, 6) is 5.30. The Morgan fingerprint density at radius 2 is 1.35 bits per heavy atom. The van der Waals surface area contributed by atoms with Crippen molar-refractivity contribution >= 4 is 11.6 Å². The molecule has 3 nitrogen and oxygen atoms in total. The van der Waals surface area contributed by atoms with Crippen LogP contribution in [0.25, 0.3) is 0 Å². The van der Waals surface area contributed by atoms with Gasteiger partial charge in [0.25, 0.3) is 5.97 Å². The van der Waals surface area contributed by atoms with E-state index in [1.165, 1.54) is 32.1 Å². The third-order valence-electron chi connectivity index (χ3n) is 3.65. The van der Waals surface area contributed by atoms with Gasteiger partial charge in [0, 0.05) is 19.8 Å². The molecule has 0 rings (SSSR count). The fourth-order valence-corrected chi connectivity index (χ4v) is 2.74. The van der Waals surface area contributed by atoms with Crippen molar-refractivity contribution in [3.63, 3.8) is 0 Å². The molecule has 0 aromatic heterocycles. The van der Waals surface area contributed by atoms with Gasteiger partial charge in [-0.3, -0.25) is 0 Å². The summed E-state index contributed by atoms with van der Waals surface area (Å²) in [6, 6.07) is 0. The van der Waals surface area contributed by atoms with Crippen molar-refractivity contribution in [1.29, 1.82) is 0 Å². The summed E-state index contributed by atoms with van der Waals surface area (Å²) in [5.41, 5.74) is 0. The molecule has 0 spiro atoms. The van der Waals surface area contributed by atoms with E-state index in [2.05, 4.69) is 18.8 Å². The van der Waals surface area contributed by atoms with Crippen LogP contribution >= 0.6 is 11.6 Å². The quantitative estimate of drug-likeness (QED) is 0.183. The lowest BCUT2D eigenvalue weighted by Crippen LogP contribution is -2.46. The van der Waals surface area contributed by atoms with Gasteiger partial charge in [0.1, 0.15) is 5.92 Å². The largest absolute Gasteiger partial charge is 0.327 e. The number of hydrogen-bond donors (Lipinski definition) is 0. The highest BCUT2D eigenvalue weighted by Crippen LogP contribution is 2.30. The monoisotopic (exact) mass is 346 g/mol. The molecule has 0 N–H and O–H groups in total. The highest BCUT2D eigenvalue weighted by atomic mass is 35.5. The van der Waals surface area contributed by atoms with E-state index in [0.29, 0.717) is 25.7 Å². The lowest BCUT2D eigenvalue weighted by atomic mass is 9.97. The summed E-state index contributed by atoms with van der Waals surface area (Å²) in [6.45, 7) is 9.65. The van der Waals surface area contributed by atoms with E-state index >= 15 is 0 Å². The van der Waals surface area contributed by atoms with Crippen LogP contribution in [0.5, 0.6) is 0 Å². The van der Waals surface area contributed by atoms with E-state index in [4.69, 9.17) is 25.8 Å². The summed E-state index contributed by atoms with van der Waals surface area (Å²) < 4.78 is 17.6. The highest BCUT2D eigenvalue weighted by Gasteiger charge is 2.41. The molecule has 1 unspecified atom stereocenters. The van der Waals surface area contributed by atoms with Crippen molar-refractivity contribution in [3.05, 3.63) is 0 Å². The van der Waals surface area contributed by atoms with Crippen LogP contribution in [0.2, 0.25) is 0 Å². The van der Waals surface area contributed by atoms with Crippen molar-refractivity contribution in [2.75, 3.05) is 25.7 Å². The van der Waals surface area contributed by atoms with Gasteiger partial charge in [-0.15, -0.1) is 11.6 Å². The van der Waals surface area contributed by atoms with Gasteiger partial charge in [0.2, 0.25) is 0 Å². The topological polar surface area (TPSA) is 27.7 Å². The molecule has 1 atom stereocenters. The Bertz CT molecular complexity index is 305. The molecule has 0 aromatic rings. The van der Waals surface area contributed by atoms with Crippen LogP contribution < -0.4 is 0 Å². The molecular formula is C19H35ClO3. The van der Waals surface area contributed by atoms with Crippen LogP contribution in [0, 0.1) is 17.8 Å². The molecule has 0 aliphatic rings. The highest BCUT2D eigenvalue weighted by molar-refractivity contribution is 6.19. The first-order valence-corrected chi connectivity index (χ1v) is 9.70. The second-order valence-electron chi connectivity index (χ2n) is 5.47. The predicted octanol–water partition coefficient (Wildman–Crippen LogP) is 5.36. The Hall–Kier alpha value is -0.270. The van der Waals surface area contributed by atoms with E-state index < -0.39 is 5.97 Å². The van der Waals surface area contributed by atoms with Gasteiger partial charge in [-0.2, -0.15) is 0 Å². The molecular weight excluding hydrogens is 312 g/mol. The van der Waals surface area contributed by atoms with Crippen LogP contribution in [0.4, 0.5) is 0 Å². The molecule has 0 bridgehead atoms. The Morgan fingerprint density at radius 3 is 1.83 bits per heavy atom. The normalized spacial score (nSPS) is 12.7. The van der Waals surface area contributed by atoms with Gasteiger partial charge in [0.15, 0.2) is 0 Å². The summed E-state index contributed by atoms with van der Waals surface area (Å²) in [4.78, 5) is 0. The molecule has 136 valence electrons. The smallest absolute Gasteiger partial charge is 0.297 e. The molecule has 0 aliphatic heterocycles. The van der Waals surface area contributed by atoms with E-state index in [-0.39, 0.29) is 5.92 Å². The number of hydrogen-bond acceptors (Lipinski definition) is 3. The number of halogens is 1. The number of alkyl halides is 1. The van der Waals surface area contributed by atoms with Crippen molar-refractivity contribution in [2.24, 2.45) is 5.92 Å². The predicted molar refractivity (Wildman–Crippen MR) is 97.6 cm³/mol. The average Bonchev–Trinajstić information content (AvgIpc) is 2.54. The molecule has 0 fully saturated rings. The first-order valence-electron chi connectivity index (χ1n) is 9.16. The molecule has 0 heterocycles. The van der Waals surface area contributed by atoms with Crippen LogP contribution in [0.15, 0.2) is 0 Å². The fraction of sp³-hybridized carbons (Fsp3) is 0.895. The zero-order valence-electron chi connectivity index (χ0n) is 15.5. The van der Waals surface area contributed by atoms with Crippen molar-refractivity contribution in [2.45, 2.75) is 78.6 Å². The molecule has 23 heavy (non-hydrogen) atoms. The Kier molecular flexibility index (Phi) is 15.1.